The van der Waals surface area contributed by atoms with E-state index in [-0.39, 0.29) is 17.8 Å². The number of rotatable bonds is 3. The largest absolute Gasteiger partial charge is 0.379 e. The Kier molecular flexibility index (Phi) is 4.65. The van der Waals surface area contributed by atoms with Crippen LogP contribution in [0.15, 0.2) is 35.5 Å². The van der Waals surface area contributed by atoms with Crippen LogP contribution in [0.4, 0.5) is 0 Å². The van der Waals surface area contributed by atoms with E-state index >= 15 is 0 Å². The molecule has 5 rings (SSSR count). The highest BCUT2D eigenvalue weighted by Crippen LogP contribution is 2.54. The lowest BCUT2D eigenvalue weighted by Gasteiger charge is -2.50. The quantitative estimate of drug-likeness (QED) is 0.769. The molecule has 2 saturated carbocycles. The Balaban J connectivity index is 1.40. The molecule has 0 aromatic heterocycles. The summed E-state index contributed by atoms with van der Waals surface area (Å²) < 4.78 is 5.42. The second-order valence-corrected chi connectivity index (χ2v) is 8.89. The summed E-state index contributed by atoms with van der Waals surface area (Å²) in [4.78, 5) is 28.6. The normalized spacial score (nSPS) is 38.5. The van der Waals surface area contributed by atoms with Crippen LogP contribution >= 0.6 is 0 Å². The summed E-state index contributed by atoms with van der Waals surface area (Å²) in [6.07, 6.45) is 13.5. The number of allylic oxidation sites excluding steroid dienone is 6. The Morgan fingerprint density at radius 2 is 2.04 bits per heavy atom. The molecule has 1 saturated heterocycles. The lowest BCUT2D eigenvalue weighted by atomic mass is 9.53. The van der Waals surface area contributed by atoms with Gasteiger partial charge >= 0.3 is 0 Å². The predicted octanol–water partition coefficient (Wildman–Crippen LogP) is 2.95. The Labute approximate surface area is 161 Å². The van der Waals surface area contributed by atoms with Gasteiger partial charge in [0, 0.05) is 31.3 Å². The summed E-state index contributed by atoms with van der Waals surface area (Å²) >= 11 is 0. The van der Waals surface area contributed by atoms with E-state index in [0.717, 1.165) is 52.0 Å². The lowest BCUT2D eigenvalue weighted by molar-refractivity contribution is -0.140. The van der Waals surface area contributed by atoms with Gasteiger partial charge in [0.05, 0.1) is 19.8 Å². The first-order valence-electron chi connectivity index (χ1n) is 10.7. The monoisotopic (exact) mass is 367 g/mol. The molecule has 5 atom stereocenters. The smallest absolute Gasteiger partial charge is 0.150 e. The number of ketones is 2. The maximum absolute atomic E-state index is 13.3. The highest BCUT2D eigenvalue weighted by molar-refractivity contribution is 5.88. The summed E-state index contributed by atoms with van der Waals surface area (Å²) in [5, 5.41) is 0. The van der Waals surface area contributed by atoms with Gasteiger partial charge in [-0.25, -0.2) is 0 Å². The zero-order valence-electron chi connectivity index (χ0n) is 15.9. The molecule has 4 aliphatic carbocycles. The molecule has 1 aliphatic heterocycles. The molecule has 5 unspecified atom stereocenters. The van der Waals surface area contributed by atoms with Gasteiger partial charge < -0.3 is 4.74 Å². The van der Waals surface area contributed by atoms with Crippen molar-refractivity contribution in [2.45, 2.75) is 32.1 Å². The molecule has 4 heteroatoms. The van der Waals surface area contributed by atoms with Crippen molar-refractivity contribution in [1.29, 1.82) is 0 Å². The number of fused-ring (bicyclic) bond motifs is 5. The maximum atomic E-state index is 13.3. The number of morpholine rings is 1. The molecule has 0 amide bonds. The van der Waals surface area contributed by atoms with E-state index in [9.17, 15) is 9.59 Å². The van der Waals surface area contributed by atoms with E-state index in [2.05, 4.69) is 29.2 Å². The minimum atomic E-state index is 0.0632. The van der Waals surface area contributed by atoms with Gasteiger partial charge in [0.25, 0.3) is 0 Å². The van der Waals surface area contributed by atoms with Crippen LogP contribution in [0, 0.1) is 29.6 Å². The van der Waals surface area contributed by atoms with Crippen molar-refractivity contribution in [3.8, 4) is 0 Å². The zero-order valence-corrected chi connectivity index (χ0v) is 15.9. The van der Waals surface area contributed by atoms with Crippen molar-refractivity contribution in [2.75, 3.05) is 32.8 Å². The Bertz CT molecular complexity index is 728. The number of hydrogen-bond donors (Lipinski definition) is 0. The van der Waals surface area contributed by atoms with Gasteiger partial charge in [-0.15, -0.1) is 0 Å². The van der Waals surface area contributed by atoms with Crippen molar-refractivity contribution in [1.82, 2.24) is 4.90 Å². The Hall–Kier alpha value is -1.52. The van der Waals surface area contributed by atoms with Crippen LogP contribution in [0.5, 0.6) is 0 Å². The van der Waals surface area contributed by atoms with Crippen LogP contribution in [0.25, 0.3) is 0 Å². The first-order chi connectivity index (χ1) is 13.2. The average Bonchev–Trinajstić information content (AvgIpc) is 3.18. The first-order valence-corrected chi connectivity index (χ1v) is 10.7. The first kappa shape index (κ1) is 17.6. The van der Waals surface area contributed by atoms with Crippen LogP contribution in [-0.4, -0.2) is 49.3 Å². The molecule has 0 aromatic carbocycles. The van der Waals surface area contributed by atoms with E-state index in [1.54, 1.807) is 0 Å². The second kappa shape index (κ2) is 7.14. The molecule has 5 aliphatic rings. The van der Waals surface area contributed by atoms with Crippen LogP contribution in [0.1, 0.15) is 32.1 Å². The average molecular weight is 367 g/mol. The summed E-state index contributed by atoms with van der Waals surface area (Å²) in [5.41, 5.74) is 2.66. The second-order valence-electron chi connectivity index (χ2n) is 8.89. The molecular formula is C23H29NO3. The van der Waals surface area contributed by atoms with Crippen LogP contribution in [0.3, 0.4) is 0 Å². The fraction of sp³-hybridized carbons (Fsp3) is 0.652. The van der Waals surface area contributed by atoms with E-state index in [1.807, 2.05) is 0 Å². The van der Waals surface area contributed by atoms with Crippen molar-refractivity contribution >= 4 is 11.6 Å². The standard InChI is InChI=1S/C23H29NO3/c25-21-13-20-16-4-1-3-15(16)7-8-17(20)23-18(21)5-2-6-19(23)22(26)14-24-9-11-27-12-10-24/h1,3-4,7,17-20,23H,2,5-6,8-14H2. The fourth-order valence-electron chi connectivity index (χ4n) is 6.35. The third-order valence-electron chi connectivity index (χ3n) is 7.60. The third-order valence-corrected chi connectivity index (χ3v) is 7.60. The molecule has 0 radical (unpaired) electrons. The molecule has 3 fully saturated rings. The highest BCUT2D eigenvalue weighted by atomic mass is 16.5. The molecule has 0 N–H and O–H groups in total. The fourth-order valence-corrected chi connectivity index (χ4v) is 6.35. The third kappa shape index (κ3) is 3.07. The minimum Gasteiger partial charge on any atom is -0.379 e. The van der Waals surface area contributed by atoms with Gasteiger partial charge in [-0.2, -0.15) is 0 Å². The summed E-state index contributed by atoms with van der Waals surface area (Å²) in [6.45, 7) is 3.68. The number of carbonyl (C=O) groups excluding carboxylic acids is 2. The topological polar surface area (TPSA) is 46.6 Å². The van der Waals surface area contributed by atoms with E-state index < -0.39 is 0 Å². The van der Waals surface area contributed by atoms with Gasteiger partial charge in [-0.1, -0.05) is 30.7 Å². The SMILES string of the molecule is O=C1CC2C3=CC=CC3=CCC2C2C1CCCC2C(=O)CN1CCOCC1. The van der Waals surface area contributed by atoms with E-state index in [4.69, 9.17) is 4.74 Å². The maximum Gasteiger partial charge on any atom is 0.150 e. The lowest BCUT2D eigenvalue weighted by Crippen LogP contribution is -2.51. The molecule has 144 valence electrons. The van der Waals surface area contributed by atoms with Gasteiger partial charge in [0.15, 0.2) is 0 Å². The van der Waals surface area contributed by atoms with E-state index in [0.29, 0.717) is 36.4 Å². The molecule has 27 heavy (non-hydrogen) atoms. The highest BCUT2D eigenvalue weighted by Gasteiger charge is 2.52. The number of Topliss-reactive ketones (excluding diaryl/α,β-unsaturated/α-hetero) is 2. The van der Waals surface area contributed by atoms with Crippen LogP contribution in [0.2, 0.25) is 0 Å². The predicted molar refractivity (Wildman–Crippen MR) is 103 cm³/mol. The number of ether oxygens (including phenoxy) is 1. The van der Waals surface area contributed by atoms with Crippen LogP contribution in [-0.2, 0) is 14.3 Å². The van der Waals surface area contributed by atoms with Crippen molar-refractivity contribution < 1.29 is 14.3 Å². The van der Waals surface area contributed by atoms with Gasteiger partial charge in [0.2, 0.25) is 0 Å². The van der Waals surface area contributed by atoms with Crippen molar-refractivity contribution in [2.24, 2.45) is 29.6 Å². The Morgan fingerprint density at radius 3 is 2.89 bits per heavy atom. The minimum absolute atomic E-state index is 0.0632. The number of hydrogen-bond acceptors (Lipinski definition) is 4. The molecule has 0 aromatic rings. The molecular weight excluding hydrogens is 338 g/mol. The summed E-state index contributed by atoms with van der Waals surface area (Å²) in [6, 6.07) is 0. The molecule has 0 bridgehead atoms. The summed E-state index contributed by atoms with van der Waals surface area (Å²) in [5.74, 6) is 1.99. The number of carbonyl (C=O) groups is 2. The van der Waals surface area contributed by atoms with E-state index in [1.165, 1.54) is 11.1 Å². The summed E-state index contributed by atoms with van der Waals surface area (Å²) in [7, 11) is 0. The van der Waals surface area contributed by atoms with Crippen molar-refractivity contribution in [3.63, 3.8) is 0 Å². The molecule has 1 heterocycles. The van der Waals surface area contributed by atoms with Crippen LogP contribution < -0.4 is 0 Å². The molecule has 0 spiro atoms. The van der Waals surface area contributed by atoms with Gasteiger partial charge in [0.1, 0.15) is 11.6 Å². The molecule has 4 nitrogen and oxygen atoms in total. The van der Waals surface area contributed by atoms with Gasteiger partial charge in [-0.3, -0.25) is 14.5 Å². The zero-order chi connectivity index (χ0) is 18.4. The van der Waals surface area contributed by atoms with Gasteiger partial charge in [-0.05, 0) is 48.2 Å². The Morgan fingerprint density at radius 1 is 1.19 bits per heavy atom. The van der Waals surface area contributed by atoms with Crippen molar-refractivity contribution in [3.05, 3.63) is 35.5 Å². The number of nitrogens with zero attached hydrogens (tertiary/aromatic N) is 1.